The number of carbonyl (C=O) groups excluding carboxylic acids is 1. The van der Waals surface area contributed by atoms with Crippen LogP contribution >= 0.6 is 31.9 Å². The second-order valence-electron chi connectivity index (χ2n) is 6.79. The van der Waals surface area contributed by atoms with E-state index in [0.29, 0.717) is 35.1 Å². The fraction of sp³-hybridized carbons (Fsp3) is 0.120. The van der Waals surface area contributed by atoms with Gasteiger partial charge in [-0.25, -0.2) is 0 Å². The number of nitrogens with one attached hydrogen (secondary N) is 1. The molecule has 0 bridgehead atoms. The number of anilines is 1. The second-order valence-corrected chi connectivity index (χ2v) is 8.56. The Morgan fingerprint density at radius 1 is 1.03 bits per heavy atom. The van der Waals surface area contributed by atoms with Crippen LogP contribution in [0.3, 0.4) is 0 Å². The van der Waals surface area contributed by atoms with Crippen LogP contribution in [0.4, 0.5) is 5.69 Å². The summed E-state index contributed by atoms with van der Waals surface area (Å²) in [6.45, 7) is 0.339. The summed E-state index contributed by atoms with van der Waals surface area (Å²) in [5.74, 6) is 1.11. The van der Waals surface area contributed by atoms with Crippen molar-refractivity contribution in [3.05, 3.63) is 86.3 Å². The largest absolute Gasteiger partial charge is 0.497 e. The molecule has 0 aliphatic rings. The minimum absolute atomic E-state index is 0.0488. The van der Waals surface area contributed by atoms with Gasteiger partial charge in [0.1, 0.15) is 24.0 Å². The Morgan fingerprint density at radius 3 is 2.55 bits per heavy atom. The molecule has 0 heterocycles. The second kappa shape index (κ2) is 11.5. The van der Waals surface area contributed by atoms with Gasteiger partial charge in [-0.2, -0.15) is 5.26 Å². The molecule has 1 amide bonds. The molecule has 6 nitrogen and oxygen atoms in total. The molecule has 0 radical (unpaired) electrons. The molecule has 1 N–H and O–H groups in total. The number of benzene rings is 3. The van der Waals surface area contributed by atoms with Crippen LogP contribution in [0.5, 0.6) is 17.2 Å². The number of carbonyl (C=O) groups is 1. The molecule has 3 rings (SSSR count). The molecule has 0 saturated heterocycles. The quantitative estimate of drug-likeness (QED) is 0.251. The van der Waals surface area contributed by atoms with E-state index in [9.17, 15) is 10.1 Å². The zero-order valence-electron chi connectivity index (χ0n) is 17.9. The summed E-state index contributed by atoms with van der Waals surface area (Å²) in [6, 6.07) is 19.9. The smallest absolute Gasteiger partial charge is 0.266 e. The zero-order chi connectivity index (χ0) is 23.8. The molecule has 0 atom stereocenters. The molecule has 0 aliphatic heterocycles. The van der Waals surface area contributed by atoms with Crippen molar-refractivity contribution in [2.45, 2.75) is 6.61 Å². The molecule has 0 fully saturated rings. The number of nitrogens with zero attached hydrogens (tertiary/aromatic N) is 1. The van der Waals surface area contributed by atoms with Crippen molar-refractivity contribution in [2.24, 2.45) is 0 Å². The maximum Gasteiger partial charge on any atom is 0.266 e. The summed E-state index contributed by atoms with van der Waals surface area (Å²) in [7, 11) is 3.08. The van der Waals surface area contributed by atoms with Gasteiger partial charge in [-0.1, -0.05) is 50.1 Å². The summed E-state index contributed by atoms with van der Waals surface area (Å²) in [5, 5.41) is 12.2. The number of rotatable bonds is 8. The van der Waals surface area contributed by atoms with Crippen molar-refractivity contribution in [3.8, 4) is 23.3 Å². The lowest BCUT2D eigenvalue weighted by Gasteiger charge is -2.12. The number of methoxy groups -OCH3 is 2. The van der Waals surface area contributed by atoms with E-state index in [4.69, 9.17) is 14.2 Å². The van der Waals surface area contributed by atoms with E-state index in [0.717, 1.165) is 14.5 Å². The van der Waals surface area contributed by atoms with Crippen molar-refractivity contribution in [1.29, 1.82) is 5.26 Å². The lowest BCUT2D eigenvalue weighted by Crippen LogP contribution is -2.13. The molecular weight excluding hydrogens is 552 g/mol. The van der Waals surface area contributed by atoms with Crippen molar-refractivity contribution < 1.29 is 19.0 Å². The van der Waals surface area contributed by atoms with Gasteiger partial charge in [0.15, 0.2) is 11.5 Å². The Balaban J connectivity index is 1.76. The van der Waals surface area contributed by atoms with E-state index < -0.39 is 5.91 Å². The van der Waals surface area contributed by atoms with Crippen molar-refractivity contribution in [3.63, 3.8) is 0 Å². The average molecular weight is 572 g/mol. The van der Waals surface area contributed by atoms with Crippen molar-refractivity contribution in [1.82, 2.24) is 0 Å². The lowest BCUT2D eigenvalue weighted by atomic mass is 10.1. The van der Waals surface area contributed by atoms with Gasteiger partial charge >= 0.3 is 0 Å². The monoisotopic (exact) mass is 570 g/mol. The first kappa shape index (κ1) is 24.4. The van der Waals surface area contributed by atoms with E-state index >= 15 is 0 Å². The Bertz CT molecular complexity index is 1240. The Kier molecular flexibility index (Phi) is 8.52. The number of amides is 1. The highest BCUT2D eigenvalue weighted by atomic mass is 79.9. The fourth-order valence-electron chi connectivity index (χ4n) is 2.90. The Hall–Kier alpha value is -3.28. The fourth-order valence-corrected chi connectivity index (χ4v) is 4.06. The maximum atomic E-state index is 12.6. The number of ether oxygens (including phenoxy) is 3. The lowest BCUT2D eigenvalue weighted by molar-refractivity contribution is -0.112. The standard InChI is InChI=1S/C25H20Br2N2O4/c1-31-21-5-3-4-20(13-21)29-25(30)18(14-28)10-16-6-9-23(24(11-16)32-2)33-15-17-7-8-19(26)12-22(17)27/h3-13H,15H2,1-2H3,(H,29,30)/b18-10-. The molecular formula is C25H20Br2N2O4. The minimum Gasteiger partial charge on any atom is -0.497 e. The highest BCUT2D eigenvalue weighted by Gasteiger charge is 2.12. The third kappa shape index (κ3) is 6.60. The topological polar surface area (TPSA) is 80.6 Å². The SMILES string of the molecule is COc1cccc(NC(=O)/C(C#N)=C\c2ccc(OCc3ccc(Br)cc3Br)c(OC)c2)c1. The molecule has 3 aromatic rings. The highest BCUT2D eigenvalue weighted by Crippen LogP contribution is 2.31. The van der Waals surface area contributed by atoms with Crippen LogP contribution in [0, 0.1) is 11.3 Å². The first-order chi connectivity index (χ1) is 15.9. The van der Waals surface area contributed by atoms with Gasteiger partial charge in [0, 0.05) is 26.3 Å². The van der Waals surface area contributed by atoms with Gasteiger partial charge in [0.25, 0.3) is 5.91 Å². The van der Waals surface area contributed by atoms with Crippen LogP contribution in [0.1, 0.15) is 11.1 Å². The summed E-state index contributed by atoms with van der Waals surface area (Å²) in [5.41, 5.74) is 2.08. The van der Waals surface area contributed by atoms with E-state index in [1.165, 1.54) is 13.2 Å². The predicted molar refractivity (Wildman–Crippen MR) is 134 cm³/mol. The third-order valence-corrected chi connectivity index (χ3v) is 5.82. The van der Waals surface area contributed by atoms with Gasteiger partial charge in [-0.15, -0.1) is 0 Å². The molecule has 3 aromatic carbocycles. The van der Waals surface area contributed by atoms with E-state index in [1.54, 1.807) is 49.6 Å². The van der Waals surface area contributed by atoms with Gasteiger partial charge in [0.05, 0.1) is 14.2 Å². The van der Waals surface area contributed by atoms with Crippen LogP contribution in [0.25, 0.3) is 6.08 Å². The number of hydrogen-bond acceptors (Lipinski definition) is 5. The van der Waals surface area contributed by atoms with Crippen LogP contribution in [0.15, 0.2) is 75.2 Å². The van der Waals surface area contributed by atoms with Crippen LogP contribution in [-0.4, -0.2) is 20.1 Å². The van der Waals surface area contributed by atoms with Crippen LogP contribution < -0.4 is 19.5 Å². The number of hydrogen-bond donors (Lipinski definition) is 1. The normalized spacial score (nSPS) is 10.8. The molecule has 0 unspecified atom stereocenters. The van der Waals surface area contributed by atoms with Crippen LogP contribution in [-0.2, 0) is 11.4 Å². The number of nitriles is 1. The van der Waals surface area contributed by atoms with Gasteiger partial charge in [-0.05, 0) is 48.0 Å². The van der Waals surface area contributed by atoms with E-state index in [-0.39, 0.29) is 5.57 Å². The molecule has 168 valence electrons. The van der Waals surface area contributed by atoms with Gasteiger partial charge < -0.3 is 19.5 Å². The molecule has 0 spiro atoms. The summed E-state index contributed by atoms with van der Waals surface area (Å²) in [6.07, 6.45) is 1.49. The number of halogens is 2. The first-order valence-corrected chi connectivity index (χ1v) is 11.3. The van der Waals surface area contributed by atoms with E-state index in [1.807, 2.05) is 24.3 Å². The first-order valence-electron chi connectivity index (χ1n) is 9.75. The molecule has 8 heteroatoms. The average Bonchev–Trinajstić information content (AvgIpc) is 2.82. The van der Waals surface area contributed by atoms with Gasteiger partial charge in [-0.3, -0.25) is 4.79 Å². The summed E-state index contributed by atoms with van der Waals surface area (Å²) >= 11 is 6.95. The molecule has 33 heavy (non-hydrogen) atoms. The molecule has 0 saturated carbocycles. The van der Waals surface area contributed by atoms with Crippen molar-refractivity contribution >= 4 is 49.5 Å². The van der Waals surface area contributed by atoms with Crippen molar-refractivity contribution in [2.75, 3.05) is 19.5 Å². The summed E-state index contributed by atoms with van der Waals surface area (Å²) in [4.78, 5) is 12.6. The highest BCUT2D eigenvalue weighted by molar-refractivity contribution is 9.11. The third-order valence-electron chi connectivity index (χ3n) is 4.59. The minimum atomic E-state index is -0.523. The summed E-state index contributed by atoms with van der Waals surface area (Å²) < 4.78 is 18.4. The molecule has 0 aromatic heterocycles. The Labute approximate surface area is 209 Å². The van der Waals surface area contributed by atoms with Gasteiger partial charge in [0.2, 0.25) is 0 Å². The Morgan fingerprint density at radius 2 is 1.85 bits per heavy atom. The van der Waals surface area contributed by atoms with E-state index in [2.05, 4.69) is 37.2 Å². The molecule has 0 aliphatic carbocycles. The predicted octanol–water partition coefficient (Wildman–Crippen LogP) is 6.35. The van der Waals surface area contributed by atoms with Crippen LogP contribution in [0.2, 0.25) is 0 Å². The maximum absolute atomic E-state index is 12.6. The zero-order valence-corrected chi connectivity index (χ0v) is 21.1.